The zero-order chi connectivity index (χ0) is 22.2. The van der Waals surface area contributed by atoms with Crippen molar-refractivity contribution in [2.45, 2.75) is 91.9 Å². The van der Waals surface area contributed by atoms with Gasteiger partial charge in [0.1, 0.15) is 0 Å². The van der Waals surface area contributed by atoms with Gasteiger partial charge in [0, 0.05) is 0 Å². The molecule has 0 aliphatic carbocycles. The number of carbonyl (C=O) groups excluding carboxylic acids is 2. The largest absolute Gasteiger partial charge is 0.462 e. The summed E-state index contributed by atoms with van der Waals surface area (Å²) >= 11 is 0. The fourth-order valence-corrected chi connectivity index (χ4v) is 3.46. The number of carbonyl (C=O) groups is 2. The van der Waals surface area contributed by atoms with Gasteiger partial charge in [-0.15, -0.1) is 0 Å². The summed E-state index contributed by atoms with van der Waals surface area (Å²) < 4.78 is 10.8. The third-order valence-electron chi connectivity index (χ3n) is 5.40. The molecule has 1 unspecified atom stereocenters. The normalized spacial score (nSPS) is 12.0. The molecular weight excluding hydrogens is 376 g/mol. The lowest BCUT2D eigenvalue weighted by Gasteiger charge is -2.12. The Labute approximate surface area is 183 Å². The maximum Gasteiger partial charge on any atom is 0.339 e. The van der Waals surface area contributed by atoms with Crippen LogP contribution in [-0.4, -0.2) is 25.2 Å². The molecule has 0 saturated heterocycles. The number of rotatable bonds is 16. The first-order chi connectivity index (χ1) is 14.5. The maximum absolute atomic E-state index is 12.5. The highest BCUT2D eigenvalue weighted by molar-refractivity contribution is 6.03. The van der Waals surface area contributed by atoms with Gasteiger partial charge in [-0.2, -0.15) is 0 Å². The Balaban J connectivity index is 2.37. The molecule has 1 aromatic rings. The third kappa shape index (κ3) is 11.4. The molecule has 1 rings (SSSR count). The molecule has 1 aromatic carbocycles. The van der Waals surface area contributed by atoms with Crippen molar-refractivity contribution in [1.29, 1.82) is 0 Å². The first-order valence-corrected chi connectivity index (χ1v) is 11.9. The number of benzene rings is 1. The van der Waals surface area contributed by atoms with E-state index in [0.717, 1.165) is 38.0 Å². The molecule has 1 atom stereocenters. The minimum Gasteiger partial charge on any atom is -0.462 e. The van der Waals surface area contributed by atoms with Gasteiger partial charge in [0.25, 0.3) is 0 Å². The topological polar surface area (TPSA) is 52.6 Å². The van der Waals surface area contributed by atoms with Crippen molar-refractivity contribution < 1.29 is 19.1 Å². The number of ether oxygens (including phenoxy) is 2. The van der Waals surface area contributed by atoms with Crippen LogP contribution < -0.4 is 0 Å². The maximum atomic E-state index is 12.5. The molecule has 30 heavy (non-hydrogen) atoms. The molecule has 0 aliphatic heterocycles. The van der Waals surface area contributed by atoms with Crippen LogP contribution in [0.3, 0.4) is 0 Å². The molecule has 0 aromatic heterocycles. The molecule has 0 fully saturated rings. The second kappa shape index (κ2) is 15.9. The Hall–Kier alpha value is -1.84. The van der Waals surface area contributed by atoms with Crippen LogP contribution in [0.4, 0.5) is 0 Å². The minimum atomic E-state index is -0.447. The lowest BCUT2D eigenvalue weighted by Crippen LogP contribution is -2.15. The molecule has 0 spiro atoms. The lowest BCUT2D eigenvalue weighted by atomic mass is 9.99. The van der Waals surface area contributed by atoms with Crippen LogP contribution in [0.1, 0.15) is 113 Å². The van der Waals surface area contributed by atoms with Crippen LogP contribution >= 0.6 is 0 Å². The van der Waals surface area contributed by atoms with Crippen LogP contribution in [0, 0.1) is 11.8 Å². The van der Waals surface area contributed by atoms with E-state index in [9.17, 15) is 9.59 Å². The average Bonchev–Trinajstić information content (AvgIpc) is 2.74. The van der Waals surface area contributed by atoms with Gasteiger partial charge in [0.15, 0.2) is 0 Å². The average molecular weight is 419 g/mol. The van der Waals surface area contributed by atoms with E-state index in [2.05, 4.69) is 27.7 Å². The van der Waals surface area contributed by atoms with Crippen molar-refractivity contribution >= 4 is 11.9 Å². The monoisotopic (exact) mass is 418 g/mol. The van der Waals surface area contributed by atoms with Crippen LogP contribution in [0.2, 0.25) is 0 Å². The van der Waals surface area contributed by atoms with Crippen LogP contribution in [0.15, 0.2) is 24.3 Å². The predicted molar refractivity (Wildman–Crippen MR) is 123 cm³/mol. The second-order valence-electron chi connectivity index (χ2n) is 8.80. The van der Waals surface area contributed by atoms with E-state index < -0.39 is 11.9 Å². The zero-order valence-corrected chi connectivity index (χ0v) is 19.6. The van der Waals surface area contributed by atoms with E-state index in [-0.39, 0.29) is 0 Å². The zero-order valence-electron chi connectivity index (χ0n) is 19.6. The summed E-state index contributed by atoms with van der Waals surface area (Å²) in [6.07, 6.45) is 11.1. The van der Waals surface area contributed by atoms with Crippen molar-refractivity contribution in [3.63, 3.8) is 0 Å². The van der Waals surface area contributed by atoms with Gasteiger partial charge in [-0.25, -0.2) is 9.59 Å². The van der Waals surface area contributed by atoms with Crippen molar-refractivity contribution in [1.82, 2.24) is 0 Å². The Kier molecular flexibility index (Phi) is 13.9. The van der Waals surface area contributed by atoms with Gasteiger partial charge in [-0.1, -0.05) is 84.8 Å². The van der Waals surface area contributed by atoms with E-state index in [4.69, 9.17) is 9.47 Å². The van der Waals surface area contributed by atoms with Gasteiger partial charge < -0.3 is 9.47 Å². The second-order valence-corrected chi connectivity index (χ2v) is 8.80. The number of esters is 2. The Morgan fingerprint density at radius 1 is 0.733 bits per heavy atom. The summed E-state index contributed by atoms with van der Waals surface area (Å²) in [6.45, 7) is 9.68. The molecule has 4 heteroatoms. The number of unbranched alkanes of at least 4 members (excludes halogenated alkanes) is 4. The number of hydrogen-bond acceptors (Lipinski definition) is 4. The van der Waals surface area contributed by atoms with Gasteiger partial charge in [0.2, 0.25) is 0 Å². The molecule has 0 amide bonds. The molecule has 170 valence electrons. The van der Waals surface area contributed by atoms with Gasteiger partial charge >= 0.3 is 11.9 Å². The highest BCUT2D eigenvalue weighted by atomic mass is 16.5. The minimum absolute atomic E-state index is 0.290. The van der Waals surface area contributed by atoms with Crippen molar-refractivity contribution in [2.75, 3.05) is 13.2 Å². The lowest BCUT2D eigenvalue weighted by molar-refractivity contribution is 0.0448. The van der Waals surface area contributed by atoms with E-state index in [0.29, 0.717) is 30.3 Å². The van der Waals surface area contributed by atoms with Crippen LogP contribution in [-0.2, 0) is 9.47 Å². The Morgan fingerprint density at radius 2 is 1.27 bits per heavy atom. The van der Waals surface area contributed by atoms with Crippen molar-refractivity contribution in [2.24, 2.45) is 11.8 Å². The molecule has 0 N–H and O–H groups in total. The van der Waals surface area contributed by atoms with Gasteiger partial charge in [-0.05, 0) is 43.2 Å². The smallest absolute Gasteiger partial charge is 0.339 e. The molecule has 0 heterocycles. The molecular formula is C26H42O4. The number of hydrogen-bond donors (Lipinski definition) is 0. The fraction of sp³-hybridized carbons (Fsp3) is 0.692. The van der Waals surface area contributed by atoms with E-state index in [1.807, 2.05) is 0 Å². The molecule has 0 radical (unpaired) electrons. The Morgan fingerprint density at radius 3 is 1.83 bits per heavy atom. The van der Waals surface area contributed by atoms with E-state index >= 15 is 0 Å². The summed E-state index contributed by atoms with van der Waals surface area (Å²) in [5, 5.41) is 0. The van der Waals surface area contributed by atoms with Gasteiger partial charge in [0.05, 0.1) is 24.3 Å². The van der Waals surface area contributed by atoms with Gasteiger partial charge in [-0.3, -0.25) is 0 Å². The summed E-state index contributed by atoms with van der Waals surface area (Å²) in [6, 6.07) is 6.76. The predicted octanol–water partition coefficient (Wildman–Crippen LogP) is 7.21. The summed E-state index contributed by atoms with van der Waals surface area (Å²) in [4.78, 5) is 24.9. The fourth-order valence-electron chi connectivity index (χ4n) is 3.46. The van der Waals surface area contributed by atoms with E-state index in [1.165, 1.54) is 32.1 Å². The highest BCUT2D eigenvalue weighted by Crippen LogP contribution is 2.16. The third-order valence-corrected chi connectivity index (χ3v) is 5.40. The Bertz CT molecular complexity index is 609. The SMILES string of the molecule is CCCCC(C)CCCOC(=O)c1ccccc1C(=O)OCCCCCCC(C)C. The standard InChI is InChI=1S/C26H42O4/c1-5-6-15-22(4)16-13-20-30-26(28)24-18-11-10-17-23(24)25(27)29-19-12-8-7-9-14-21(2)3/h10-11,17-18,21-22H,5-9,12-16,19-20H2,1-4H3. The van der Waals surface area contributed by atoms with Crippen LogP contribution in [0.5, 0.6) is 0 Å². The summed E-state index contributed by atoms with van der Waals surface area (Å²) in [5.74, 6) is 0.496. The summed E-state index contributed by atoms with van der Waals surface area (Å²) in [7, 11) is 0. The first-order valence-electron chi connectivity index (χ1n) is 11.9. The summed E-state index contributed by atoms with van der Waals surface area (Å²) in [5.41, 5.74) is 0.581. The quantitative estimate of drug-likeness (QED) is 0.210. The molecule has 0 bridgehead atoms. The molecule has 4 nitrogen and oxygen atoms in total. The van der Waals surface area contributed by atoms with Crippen molar-refractivity contribution in [3.05, 3.63) is 35.4 Å². The highest BCUT2D eigenvalue weighted by Gasteiger charge is 2.19. The van der Waals surface area contributed by atoms with Crippen LogP contribution in [0.25, 0.3) is 0 Å². The molecule has 0 saturated carbocycles. The van der Waals surface area contributed by atoms with Crippen molar-refractivity contribution in [3.8, 4) is 0 Å². The molecule has 0 aliphatic rings. The first kappa shape index (κ1) is 26.2. The van der Waals surface area contributed by atoms with E-state index in [1.54, 1.807) is 24.3 Å².